The van der Waals surface area contributed by atoms with Crippen LogP contribution in [-0.2, 0) is 16.0 Å². The number of rotatable bonds is 7. The number of nitrogens with two attached hydrogens (primary N) is 1. The predicted molar refractivity (Wildman–Crippen MR) is 94.6 cm³/mol. The molecular weight excluding hydrogens is 314 g/mol. The molecule has 0 aliphatic carbocycles. The van der Waals surface area contributed by atoms with E-state index in [4.69, 9.17) is 5.73 Å². The van der Waals surface area contributed by atoms with E-state index in [1.807, 2.05) is 42.5 Å². The average Bonchev–Trinajstić information content (AvgIpc) is 2.54. The van der Waals surface area contributed by atoms with Crippen LogP contribution in [0.2, 0.25) is 0 Å². The van der Waals surface area contributed by atoms with E-state index in [0.717, 1.165) is 22.8 Å². The molecule has 0 unspecified atom stereocenters. The van der Waals surface area contributed by atoms with Gasteiger partial charge in [0.05, 0.1) is 13.0 Å². The second-order valence-electron chi connectivity index (χ2n) is 5.08. The largest absolute Gasteiger partial charge is 0.355 e. The maximum atomic E-state index is 12.0. The van der Waals surface area contributed by atoms with Crippen molar-refractivity contribution in [2.75, 3.05) is 19.6 Å². The van der Waals surface area contributed by atoms with Gasteiger partial charge >= 0.3 is 0 Å². The van der Waals surface area contributed by atoms with Gasteiger partial charge in [-0.05, 0) is 29.3 Å². The number of hydrogen-bond acceptors (Lipinski definition) is 3. The quantitative estimate of drug-likeness (QED) is 0.668. The van der Waals surface area contributed by atoms with Crippen molar-refractivity contribution in [2.45, 2.75) is 12.8 Å². The smallest absolute Gasteiger partial charge is 0.239 e. The molecule has 0 fully saturated rings. The summed E-state index contributed by atoms with van der Waals surface area (Å²) in [6, 6.07) is 13.8. The van der Waals surface area contributed by atoms with Crippen LogP contribution in [0.25, 0.3) is 10.8 Å². The fourth-order valence-electron chi connectivity index (χ4n) is 2.25. The van der Waals surface area contributed by atoms with E-state index in [1.54, 1.807) is 0 Å². The van der Waals surface area contributed by atoms with Gasteiger partial charge in [0.1, 0.15) is 0 Å². The van der Waals surface area contributed by atoms with E-state index in [9.17, 15) is 9.59 Å². The summed E-state index contributed by atoms with van der Waals surface area (Å²) in [6.07, 6.45) is 0.993. The van der Waals surface area contributed by atoms with Gasteiger partial charge in [0.2, 0.25) is 11.8 Å². The molecule has 0 saturated carbocycles. The third-order valence-corrected chi connectivity index (χ3v) is 3.38. The van der Waals surface area contributed by atoms with Crippen molar-refractivity contribution in [3.63, 3.8) is 0 Å². The molecule has 23 heavy (non-hydrogen) atoms. The fraction of sp³-hybridized carbons (Fsp3) is 0.294. The van der Waals surface area contributed by atoms with Gasteiger partial charge < -0.3 is 16.4 Å². The molecule has 124 valence electrons. The molecule has 5 nitrogen and oxygen atoms in total. The SMILES string of the molecule is Cl.NCCCNC(=O)CNC(=O)Cc1cccc2ccccc12. The monoisotopic (exact) mass is 335 g/mol. The van der Waals surface area contributed by atoms with Crippen LogP contribution in [-0.4, -0.2) is 31.4 Å². The second-order valence-corrected chi connectivity index (χ2v) is 5.08. The standard InChI is InChI=1S/C17H21N3O2.ClH/c18-9-4-10-19-17(22)12-20-16(21)11-14-7-3-6-13-5-1-2-8-15(13)14;/h1-3,5-8H,4,9-12,18H2,(H,19,22)(H,20,21);1H. The first-order valence-electron chi connectivity index (χ1n) is 7.41. The van der Waals surface area contributed by atoms with Gasteiger partial charge in [-0.1, -0.05) is 42.5 Å². The maximum absolute atomic E-state index is 12.0. The summed E-state index contributed by atoms with van der Waals surface area (Å²) >= 11 is 0. The molecule has 0 atom stereocenters. The molecule has 0 aliphatic rings. The van der Waals surface area contributed by atoms with Gasteiger partial charge in [-0.25, -0.2) is 0 Å². The summed E-state index contributed by atoms with van der Waals surface area (Å²) in [7, 11) is 0. The molecule has 0 spiro atoms. The molecule has 2 amide bonds. The van der Waals surface area contributed by atoms with Crippen LogP contribution >= 0.6 is 12.4 Å². The van der Waals surface area contributed by atoms with Crippen molar-refractivity contribution in [3.05, 3.63) is 48.0 Å². The Kier molecular flexibility index (Phi) is 8.08. The molecule has 0 aromatic heterocycles. The van der Waals surface area contributed by atoms with Crippen molar-refractivity contribution < 1.29 is 9.59 Å². The molecule has 2 aromatic carbocycles. The van der Waals surface area contributed by atoms with Crippen LogP contribution in [0.4, 0.5) is 0 Å². The van der Waals surface area contributed by atoms with Crippen molar-refractivity contribution >= 4 is 35.0 Å². The topological polar surface area (TPSA) is 84.2 Å². The van der Waals surface area contributed by atoms with Crippen molar-refractivity contribution in [2.24, 2.45) is 5.73 Å². The van der Waals surface area contributed by atoms with E-state index >= 15 is 0 Å². The zero-order valence-corrected chi connectivity index (χ0v) is 13.7. The molecule has 6 heteroatoms. The molecule has 0 radical (unpaired) electrons. The number of amides is 2. The lowest BCUT2D eigenvalue weighted by Gasteiger charge is -2.08. The first-order valence-corrected chi connectivity index (χ1v) is 7.41. The van der Waals surface area contributed by atoms with Gasteiger partial charge in [-0.3, -0.25) is 9.59 Å². The molecule has 2 rings (SSSR count). The Balaban J connectivity index is 0.00000264. The Morgan fingerprint density at radius 3 is 2.48 bits per heavy atom. The van der Waals surface area contributed by atoms with E-state index in [2.05, 4.69) is 10.6 Å². The molecule has 0 heterocycles. The number of fused-ring (bicyclic) bond motifs is 1. The Bertz CT molecular complexity index is 656. The van der Waals surface area contributed by atoms with Crippen molar-refractivity contribution in [1.29, 1.82) is 0 Å². The first-order chi connectivity index (χ1) is 10.7. The van der Waals surface area contributed by atoms with Crippen LogP contribution in [0.3, 0.4) is 0 Å². The Hall–Kier alpha value is -2.11. The second kappa shape index (κ2) is 9.82. The lowest BCUT2D eigenvalue weighted by molar-refractivity contribution is -0.125. The van der Waals surface area contributed by atoms with E-state index in [1.165, 1.54) is 0 Å². The zero-order valence-electron chi connectivity index (χ0n) is 12.9. The highest BCUT2D eigenvalue weighted by molar-refractivity contribution is 5.91. The highest BCUT2D eigenvalue weighted by Gasteiger charge is 2.08. The number of hydrogen-bond donors (Lipinski definition) is 3. The summed E-state index contributed by atoms with van der Waals surface area (Å²) in [5.41, 5.74) is 6.30. The van der Waals surface area contributed by atoms with Gasteiger partial charge in [0, 0.05) is 6.54 Å². The molecule has 0 bridgehead atoms. The summed E-state index contributed by atoms with van der Waals surface area (Å²) in [5, 5.41) is 7.51. The third kappa shape index (κ3) is 5.88. The van der Waals surface area contributed by atoms with Gasteiger partial charge in [0.25, 0.3) is 0 Å². The van der Waals surface area contributed by atoms with Gasteiger partial charge in [0.15, 0.2) is 0 Å². The number of nitrogens with one attached hydrogen (secondary N) is 2. The molecular formula is C17H22ClN3O2. The normalized spacial score (nSPS) is 9.96. The average molecular weight is 336 g/mol. The van der Waals surface area contributed by atoms with Crippen LogP contribution in [0.15, 0.2) is 42.5 Å². The number of halogens is 1. The summed E-state index contributed by atoms with van der Waals surface area (Å²) in [5.74, 6) is -0.356. The lowest BCUT2D eigenvalue weighted by Crippen LogP contribution is -2.38. The summed E-state index contributed by atoms with van der Waals surface area (Å²) < 4.78 is 0. The molecule has 0 saturated heterocycles. The van der Waals surface area contributed by atoms with Crippen molar-refractivity contribution in [1.82, 2.24) is 10.6 Å². The molecule has 4 N–H and O–H groups in total. The maximum Gasteiger partial charge on any atom is 0.239 e. The van der Waals surface area contributed by atoms with Gasteiger partial charge in [-0.2, -0.15) is 0 Å². The fourth-order valence-corrected chi connectivity index (χ4v) is 2.25. The Labute approximate surface area is 142 Å². The molecule has 2 aromatic rings. The molecule has 0 aliphatic heterocycles. The predicted octanol–water partition coefficient (Wildman–Crippen LogP) is 1.39. The lowest BCUT2D eigenvalue weighted by atomic mass is 10.0. The van der Waals surface area contributed by atoms with E-state index in [-0.39, 0.29) is 37.2 Å². The van der Waals surface area contributed by atoms with E-state index in [0.29, 0.717) is 13.1 Å². The minimum Gasteiger partial charge on any atom is -0.355 e. The Morgan fingerprint density at radius 1 is 0.957 bits per heavy atom. The highest BCUT2D eigenvalue weighted by Crippen LogP contribution is 2.18. The van der Waals surface area contributed by atoms with Crippen LogP contribution in [0.1, 0.15) is 12.0 Å². The zero-order chi connectivity index (χ0) is 15.8. The number of carbonyl (C=O) groups is 2. The number of carbonyl (C=O) groups excluding carboxylic acids is 2. The highest BCUT2D eigenvalue weighted by atomic mass is 35.5. The first kappa shape index (κ1) is 18.9. The number of benzene rings is 2. The van der Waals surface area contributed by atoms with Crippen LogP contribution in [0.5, 0.6) is 0 Å². The summed E-state index contributed by atoms with van der Waals surface area (Å²) in [4.78, 5) is 23.5. The third-order valence-electron chi connectivity index (χ3n) is 3.38. The summed E-state index contributed by atoms with van der Waals surface area (Å²) in [6.45, 7) is 1.07. The minimum absolute atomic E-state index is 0. The van der Waals surface area contributed by atoms with Gasteiger partial charge in [-0.15, -0.1) is 12.4 Å². The van der Waals surface area contributed by atoms with Crippen molar-refractivity contribution in [3.8, 4) is 0 Å². The minimum atomic E-state index is -0.195. The van der Waals surface area contributed by atoms with E-state index < -0.39 is 0 Å². The van der Waals surface area contributed by atoms with Crippen LogP contribution in [0, 0.1) is 0 Å². The van der Waals surface area contributed by atoms with Crippen LogP contribution < -0.4 is 16.4 Å². The Morgan fingerprint density at radius 2 is 1.70 bits per heavy atom.